The van der Waals surface area contributed by atoms with Gasteiger partial charge < -0.3 is 5.11 Å². The minimum atomic E-state index is -3.46. The number of hydrogen-bond donors (Lipinski definition) is 2. The molecule has 1 rings (SSSR count). The predicted molar refractivity (Wildman–Crippen MR) is 60.5 cm³/mol. The smallest absolute Gasteiger partial charge is 0.321 e. The molecule has 0 radical (unpaired) electrons. The van der Waals surface area contributed by atoms with Gasteiger partial charge in [0.25, 0.3) is 0 Å². The second-order valence-electron chi connectivity index (χ2n) is 4.76. The molecule has 1 aliphatic rings. The number of aliphatic carboxylic acids is 1. The summed E-state index contributed by atoms with van der Waals surface area (Å²) in [5.74, 6) is -1.11. The van der Waals surface area contributed by atoms with Gasteiger partial charge in [0.05, 0.1) is 5.75 Å². The fourth-order valence-corrected chi connectivity index (χ4v) is 3.49. The summed E-state index contributed by atoms with van der Waals surface area (Å²) in [6, 6.07) is -1.02. The van der Waals surface area contributed by atoms with Gasteiger partial charge in [-0.05, 0) is 24.7 Å². The summed E-state index contributed by atoms with van der Waals surface area (Å²) in [5, 5.41) is 8.89. The molecule has 0 aliphatic heterocycles. The highest BCUT2D eigenvalue weighted by atomic mass is 32.2. The molecule has 16 heavy (non-hydrogen) atoms. The van der Waals surface area contributed by atoms with Crippen LogP contribution in [-0.2, 0) is 14.8 Å². The van der Waals surface area contributed by atoms with Crippen molar-refractivity contribution in [2.45, 2.75) is 39.2 Å². The van der Waals surface area contributed by atoms with E-state index >= 15 is 0 Å². The normalized spacial score (nSPS) is 19.4. The molecule has 2 N–H and O–H groups in total. The van der Waals surface area contributed by atoms with Crippen LogP contribution in [-0.4, -0.2) is 31.3 Å². The van der Waals surface area contributed by atoms with Crippen LogP contribution in [0.1, 0.15) is 33.1 Å². The van der Waals surface area contributed by atoms with Crippen molar-refractivity contribution < 1.29 is 18.3 Å². The van der Waals surface area contributed by atoms with Crippen molar-refractivity contribution in [2.24, 2.45) is 11.8 Å². The zero-order valence-corrected chi connectivity index (χ0v) is 10.5. The lowest BCUT2D eigenvalue weighted by Gasteiger charge is -2.26. The van der Waals surface area contributed by atoms with E-state index in [0.29, 0.717) is 0 Å². The Morgan fingerprint density at radius 3 is 2.31 bits per heavy atom. The quantitative estimate of drug-likeness (QED) is 0.730. The third-order valence-electron chi connectivity index (χ3n) is 2.92. The van der Waals surface area contributed by atoms with E-state index in [-0.39, 0.29) is 17.6 Å². The maximum atomic E-state index is 11.7. The molecule has 0 spiro atoms. The number of sulfonamides is 1. The molecule has 5 nitrogen and oxygen atoms in total. The summed E-state index contributed by atoms with van der Waals surface area (Å²) in [4.78, 5) is 10.9. The van der Waals surface area contributed by atoms with E-state index in [1.165, 1.54) is 0 Å². The van der Waals surface area contributed by atoms with Gasteiger partial charge in [0, 0.05) is 0 Å². The molecule has 0 amide bonds. The van der Waals surface area contributed by atoms with E-state index in [1.807, 2.05) is 0 Å². The zero-order valence-electron chi connectivity index (χ0n) is 9.64. The highest BCUT2D eigenvalue weighted by Crippen LogP contribution is 2.27. The average Bonchev–Trinajstić information content (AvgIpc) is 2.07. The Hall–Kier alpha value is -0.620. The van der Waals surface area contributed by atoms with Crippen LogP contribution in [0.3, 0.4) is 0 Å². The lowest BCUT2D eigenvalue weighted by molar-refractivity contribution is -0.140. The summed E-state index contributed by atoms with van der Waals surface area (Å²) in [5.41, 5.74) is 0. The lowest BCUT2D eigenvalue weighted by atomic mass is 9.87. The molecule has 0 aromatic rings. The third-order valence-corrected chi connectivity index (χ3v) is 4.44. The topological polar surface area (TPSA) is 83.5 Å². The molecular formula is C10H19NO4S. The van der Waals surface area contributed by atoms with Crippen LogP contribution < -0.4 is 4.72 Å². The second-order valence-corrected chi connectivity index (χ2v) is 6.55. The SMILES string of the molecule is CC(C)C(NS(=O)(=O)CC1CCC1)C(=O)O. The lowest BCUT2D eigenvalue weighted by Crippen LogP contribution is -2.46. The number of nitrogens with one attached hydrogen (secondary N) is 1. The first-order chi connectivity index (χ1) is 7.32. The molecular weight excluding hydrogens is 230 g/mol. The zero-order chi connectivity index (χ0) is 12.3. The molecule has 0 aromatic carbocycles. The minimum Gasteiger partial charge on any atom is -0.480 e. The highest BCUT2D eigenvalue weighted by molar-refractivity contribution is 7.89. The van der Waals surface area contributed by atoms with Crippen molar-refractivity contribution in [3.63, 3.8) is 0 Å². The van der Waals surface area contributed by atoms with Gasteiger partial charge in [-0.25, -0.2) is 13.1 Å². The summed E-state index contributed by atoms with van der Waals surface area (Å²) in [6.07, 6.45) is 2.94. The van der Waals surface area contributed by atoms with E-state index in [9.17, 15) is 13.2 Å². The first-order valence-electron chi connectivity index (χ1n) is 5.54. The fourth-order valence-electron chi connectivity index (χ4n) is 1.68. The van der Waals surface area contributed by atoms with E-state index < -0.39 is 22.0 Å². The molecule has 0 heterocycles. The number of rotatable bonds is 6. The van der Waals surface area contributed by atoms with Crippen molar-refractivity contribution in [3.8, 4) is 0 Å². The monoisotopic (exact) mass is 249 g/mol. The van der Waals surface area contributed by atoms with Gasteiger partial charge in [-0.1, -0.05) is 20.3 Å². The number of carboxylic acid groups (broad SMARTS) is 1. The van der Waals surface area contributed by atoms with E-state index in [0.717, 1.165) is 19.3 Å². The molecule has 0 aromatic heterocycles. The van der Waals surface area contributed by atoms with Crippen LogP contribution in [0.4, 0.5) is 0 Å². The molecule has 1 saturated carbocycles. The second kappa shape index (κ2) is 5.14. The fraction of sp³-hybridized carbons (Fsp3) is 0.900. The Kier molecular flexibility index (Phi) is 4.32. The van der Waals surface area contributed by atoms with E-state index in [2.05, 4.69) is 4.72 Å². The van der Waals surface area contributed by atoms with Crippen LogP contribution in [0.2, 0.25) is 0 Å². The molecule has 1 unspecified atom stereocenters. The Bertz CT molecular complexity index is 346. The summed E-state index contributed by atoms with van der Waals surface area (Å²) in [7, 11) is -3.46. The first-order valence-corrected chi connectivity index (χ1v) is 7.20. The molecule has 1 aliphatic carbocycles. The van der Waals surface area contributed by atoms with E-state index in [1.54, 1.807) is 13.8 Å². The molecule has 1 fully saturated rings. The van der Waals surface area contributed by atoms with Crippen molar-refractivity contribution in [1.82, 2.24) is 4.72 Å². The van der Waals surface area contributed by atoms with Gasteiger partial charge >= 0.3 is 5.97 Å². The van der Waals surface area contributed by atoms with E-state index in [4.69, 9.17) is 5.11 Å². The van der Waals surface area contributed by atoms with Crippen molar-refractivity contribution in [2.75, 3.05) is 5.75 Å². The summed E-state index contributed by atoms with van der Waals surface area (Å²) in [6.45, 7) is 3.37. The van der Waals surface area contributed by atoms with Gasteiger partial charge in [-0.15, -0.1) is 0 Å². The number of carbonyl (C=O) groups is 1. The van der Waals surface area contributed by atoms with Crippen LogP contribution in [0.15, 0.2) is 0 Å². The van der Waals surface area contributed by atoms with Crippen LogP contribution in [0, 0.1) is 11.8 Å². The van der Waals surface area contributed by atoms with Gasteiger partial charge in [-0.3, -0.25) is 4.79 Å². The van der Waals surface area contributed by atoms with Crippen LogP contribution >= 0.6 is 0 Å². The van der Waals surface area contributed by atoms with Gasteiger partial charge in [-0.2, -0.15) is 0 Å². The summed E-state index contributed by atoms with van der Waals surface area (Å²) < 4.78 is 25.6. The summed E-state index contributed by atoms with van der Waals surface area (Å²) >= 11 is 0. The Labute approximate surface area is 96.3 Å². The molecule has 0 bridgehead atoms. The van der Waals surface area contributed by atoms with Crippen LogP contribution in [0.25, 0.3) is 0 Å². The van der Waals surface area contributed by atoms with Gasteiger partial charge in [0.1, 0.15) is 6.04 Å². The number of carboxylic acids is 1. The first kappa shape index (κ1) is 13.4. The largest absolute Gasteiger partial charge is 0.480 e. The van der Waals surface area contributed by atoms with Crippen molar-refractivity contribution in [3.05, 3.63) is 0 Å². The predicted octanol–water partition coefficient (Wildman–Crippen LogP) is 0.815. The van der Waals surface area contributed by atoms with Crippen LogP contribution in [0.5, 0.6) is 0 Å². The highest BCUT2D eigenvalue weighted by Gasteiger charge is 2.30. The minimum absolute atomic E-state index is 0.0590. The Morgan fingerprint density at radius 1 is 1.44 bits per heavy atom. The average molecular weight is 249 g/mol. The van der Waals surface area contributed by atoms with Gasteiger partial charge in [0.2, 0.25) is 10.0 Å². The Balaban J connectivity index is 2.58. The Morgan fingerprint density at radius 2 is 2.00 bits per heavy atom. The van der Waals surface area contributed by atoms with Gasteiger partial charge in [0.15, 0.2) is 0 Å². The number of hydrogen-bond acceptors (Lipinski definition) is 3. The maximum Gasteiger partial charge on any atom is 0.321 e. The third kappa shape index (κ3) is 3.75. The molecule has 0 saturated heterocycles. The van der Waals surface area contributed by atoms with Crippen molar-refractivity contribution >= 4 is 16.0 Å². The van der Waals surface area contributed by atoms with Crippen molar-refractivity contribution in [1.29, 1.82) is 0 Å². The molecule has 6 heteroatoms. The standard InChI is InChI=1S/C10H19NO4S/c1-7(2)9(10(12)13)11-16(14,15)6-8-4-3-5-8/h7-9,11H,3-6H2,1-2H3,(H,12,13). The molecule has 1 atom stereocenters. The molecule has 94 valence electrons. The maximum absolute atomic E-state index is 11.7.